The van der Waals surface area contributed by atoms with Gasteiger partial charge in [-0.05, 0) is 24.3 Å². The van der Waals surface area contributed by atoms with E-state index in [4.69, 9.17) is 16.6 Å². The maximum atomic E-state index is 11.8. The number of nitrogens with one attached hydrogen (secondary N) is 1. The highest BCUT2D eigenvalue weighted by Crippen LogP contribution is 2.29. The summed E-state index contributed by atoms with van der Waals surface area (Å²) >= 11 is 6.17. The van der Waals surface area contributed by atoms with Crippen LogP contribution in [0.25, 0.3) is 17.0 Å². The largest absolute Gasteiger partial charge is 0.508 e. The summed E-state index contributed by atoms with van der Waals surface area (Å²) in [5.41, 5.74) is 1.89. The van der Waals surface area contributed by atoms with Crippen molar-refractivity contribution in [1.82, 2.24) is 10.3 Å². The summed E-state index contributed by atoms with van der Waals surface area (Å²) in [6.45, 7) is 0. The number of phenols is 1. The number of nitrogens with zero attached hydrogens (tertiary/aromatic N) is 1. The van der Waals surface area contributed by atoms with E-state index in [0.29, 0.717) is 31.7 Å². The third-order valence-corrected chi connectivity index (χ3v) is 4.71. The number of thioether (sulfide) groups is 1. The Balaban J connectivity index is 1.72. The van der Waals surface area contributed by atoms with Crippen LogP contribution in [0, 0.1) is 11.8 Å². The minimum atomic E-state index is -0.234. The molecule has 1 aliphatic rings. The molecule has 0 bridgehead atoms. The van der Waals surface area contributed by atoms with Crippen LogP contribution in [0.4, 0.5) is 0 Å². The number of benzene rings is 1. The van der Waals surface area contributed by atoms with Crippen molar-refractivity contribution in [3.63, 3.8) is 0 Å². The van der Waals surface area contributed by atoms with Gasteiger partial charge in [0.2, 0.25) is 0 Å². The number of furan rings is 1. The van der Waals surface area contributed by atoms with Crippen LogP contribution in [0.2, 0.25) is 0 Å². The molecule has 126 valence electrons. The van der Waals surface area contributed by atoms with E-state index in [1.54, 1.807) is 48.8 Å². The number of phenolic OH excluding ortho intramolecular Hbond substituents is 1. The molecule has 0 unspecified atom stereocenters. The number of carbonyl (C=O) groups excluding carboxylic acids is 1. The molecule has 2 N–H and O–H groups in total. The summed E-state index contributed by atoms with van der Waals surface area (Å²) in [6.07, 6.45) is 4.93. The van der Waals surface area contributed by atoms with Crippen LogP contribution in [-0.2, 0) is 4.79 Å². The number of pyridine rings is 1. The molecule has 0 atom stereocenters. The molecule has 0 spiro atoms. The van der Waals surface area contributed by atoms with Crippen molar-refractivity contribution in [2.24, 2.45) is 0 Å². The van der Waals surface area contributed by atoms with Crippen molar-refractivity contribution >= 4 is 51.3 Å². The van der Waals surface area contributed by atoms with E-state index in [0.717, 1.165) is 5.39 Å². The molecule has 1 aliphatic heterocycles. The van der Waals surface area contributed by atoms with Crippen molar-refractivity contribution in [3.8, 4) is 17.6 Å². The molecule has 1 aromatic carbocycles. The molecule has 3 aromatic rings. The number of amides is 1. The van der Waals surface area contributed by atoms with Gasteiger partial charge in [0.05, 0.1) is 10.5 Å². The lowest BCUT2D eigenvalue weighted by molar-refractivity contribution is -0.115. The van der Waals surface area contributed by atoms with E-state index < -0.39 is 0 Å². The van der Waals surface area contributed by atoms with E-state index in [1.165, 1.54) is 11.8 Å². The van der Waals surface area contributed by atoms with Crippen molar-refractivity contribution in [3.05, 3.63) is 64.5 Å². The molecule has 1 fully saturated rings. The molecular weight excluding hydrogens is 368 g/mol. The standard InChI is InChI=1S/C19H10N2O3S2/c22-14-3-1-2-11(6-14)4-5-12-9-20-10-13-7-15(24-17(12)13)8-16-18(23)21-19(25)26-16/h1-3,6-10,22H,(H,21,23,25)/b16-8+. The second-order valence-corrected chi connectivity index (χ2v) is 7.13. The molecule has 26 heavy (non-hydrogen) atoms. The number of hydrogen-bond acceptors (Lipinski definition) is 6. The van der Waals surface area contributed by atoms with Gasteiger partial charge >= 0.3 is 0 Å². The highest BCUT2D eigenvalue weighted by molar-refractivity contribution is 8.26. The fraction of sp³-hybridized carbons (Fsp3) is 0. The molecule has 0 aliphatic carbocycles. The maximum Gasteiger partial charge on any atom is 0.263 e. The van der Waals surface area contributed by atoms with Crippen molar-refractivity contribution in [2.75, 3.05) is 0 Å². The molecule has 1 amide bonds. The van der Waals surface area contributed by atoms with Gasteiger partial charge in [0.15, 0.2) is 5.58 Å². The van der Waals surface area contributed by atoms with Crippen LogP contribution in [-0.4, -0.2) is 20.3 Å². The van der Waals surface area contributed by atoms with Crippen molar-refractivity contribution < 1.29 is 14.3 Å². The van der Waals surface area contributed by atoms with Crippen LogP contribution in [0.5, 0.6) is 5.75 Å². The number of rotatable bonds is 1. The SMILES string of the molecule is O=C1NC(=S)S/C1=C/c1cc2cncc(C#Cc3cccc(O)c3)c2o1. The Hall–Kier alpha value is -3.08. The van der Waals surface area contributed by atoms with E-state index >= 15 is 0 Å². The second-order valence-electron chi connectivity index (χ2n) is 5.41. The monoisotopic (exact) mass is 378 g/mol. The van der Waals surface area contributed by atoms with Crippen molar-refractivity contribution in [2.45, 2.75) is 0 Å². The third-order valence-electron chi connectivity index (χ3n) is 3.54. The smallest absolute Gasteiger partial charge is 0.263 e. The lowest BCUT2D eigenvalue weighted by Gasteiger charge is -1.93. The first kappa shape index (κ1) is 16.4. The molecule has 1 saturated heterocycles. The van der Waals surface area contributed by atoms with Gasteiger partial charge in [-0.25, -0.2) is 0 Å². The summed E-state index contributed by atoms with van der Waals surface area (Å²) in [6, 6.07) is 8.49. The number of aromatic nitrogens is 1. The lowest BCUT2D eigenvalue weighted by atomic mass is 10.2. The molecule has 4 rings (SSSR count). The number of aromatic hydroxyl groups is 1. The quantitative estimate of drug-likeness (QED) is 0.384. The second kappa shape index (κ2) is 6.67. The molecule has 5 nitrogen and oxygen atoms in total. The van der Waals surface area contributed by atoms with Gasteiger partial charge in [-0.15, -0.1) is 0 Å². The van der Waals surface area contributed by atoms with Crippen LogP contribution in [0.1, 0.15) is 16.9 Å². The van der Waals surface area contributed by atoms with E-state index in [9.17, 15) is 9.90 Å². The third kappa shape index (κ3) is 3.33. The first-order valence-corrected chi connectivity index (χ1v) is 8.74. The summed E-state index contributed by atoms with van der Waals surface area (Å²) in [5.74, 6) is 6.44. The zero-order valence-electron chi connectivity index (χ0n) is 13.1. The number of thiocarbonyl (C=S) groups is 1. The van der Waals surface area contributed by atoms with Crippen molar-refractivity contribution in [1.29, 1.82) is 0 Å². The molecule has 7 heteroatoms. The normalized spacial score (nSPS) is 15.2. The topological polar surface area (TPSA) is 75.4 Å². The minimum absolute atomic E-state index is 0.158. The molecule has 3 heterocycles. The van der Waals surface area contributed by atoms with Crippen LogP contribution < -0.4 is 5.32 Å². The fourth-order valence-electron chi connectivity index (χ4n) is 2.42. The van der Waals surface area contributed by atoms with E-state index in [2.05, 4.69) is 22.1 Å². The average molecular weight is 378 g/mol. The molecule has 2 aromatic heterocycles. The number of carbonyl (C=O) groups is 1. The maximum absolute atomic E-state index is 11.8. The fourth-order valence-corrected chi connectivity index (χ4v) is 3.44. The Morgan fingerprint density at radius 2 is 2.15 bits per heavy atom. The number of hydrogen-bond donors (Lipinski definition) is 2. The highest BCUT2D eigenvalue weighted by atomic mass is 32.2. The van der Waals surface area contributed by atoms with Gasteiger partial charge < -0.3 is 14.8 Å². The first-order valence-electron chi connectivity index (χ1n) is 7.52. The van der Waals surface area contributed by atoms with Crippen LogP contribution in [0.15, 0.2) is 52.0 Å². The van der Waals surface area contributed by atoms with Crippen LogP contribution >= 0.6 is 24.0 Å². The summed E-state index contributed by atoms with van der Waals surface area (Å²) in [5, 5.41) is 12.9. The Bertz CT molecular complexity index is 1150. The molecule has 0 saturated carbocycles. The Morgan fingerprint density at radius 1 is 1.27 bits per heavy atom. The predicted molar refractivity (Wildman–Crippen MR) is 104 cm³/mol. The summed E-state index contributed by atoms with van der Waals surface area (Å²) in [4.78, 5) is 16.4. The first-order chi connectivity index (χ1) is 12.6. The number of fused-ring (bicyclic) bond motifs is 1. The highest BCUT2D eigenvalue weighted by Gasteiger charge is 2.22. The predicted octanol–water partition coefficient (Wildman–Crippen LogP) is 3.42. The zero-order chi connectivity index (χ0) is 18.1. The van der Waals surface area contributed by atoms with Gasteiger partial charge in [0.25, 0.3) is 5.91 Å². The molecule has 0 radical (unpaired) electrons. The Labute approximate surface area is 158 Å². The Kier molecular flexibility index (Phi) is 4.21. The van der Waals surface area contributed by atoms with Gasteiger partial charge in [-0.3, -0.25) is 9.78 Å². The van der Waals surface area contributed by atoms with Gasteiger partial charge in [-0.1, -0.05) is 41.9 Å². The van der Waals surface area contributed by atoms with Crippen LogP contribution in [0.3, 0.4) is 0 Å². The van der Waals surface area contributed by atoms with Gasteiger partial charge in [0, 0.05) is 29.4 Å². The minimum Gasteiger partial charge on any atom is -0.508 e. The van der Waals surface area contributed by atoms with Gasteiger partial charge in [0.1, 0.15) is 15.8 Å². The van der Waals surface area contributed by atoms with Gasteiger partial charge in [-0.2, -0.15) is 0 Å². The van der Waals surface area contributed by atoms with E-state index in [1.807, 2.05) is 0 Å². The Morgan fingerprint density at radius 3 is 2.92 bits per heavy atom. The lowest BCUT2D eigenvalue weighted by Crippen LogP contribution is -2.17. The van der Waals surface area contributed by atoms with E-state index in [-0.39, 0.29) is 11.7 Å². The molecular formula is C19H10N2O3S2. The average Bonchev–Trinajstić information content (AvgIpc) is 3.15. The summed E-state index contributed by atoms with van der Waals surface area (Å²) < 4.78 is 6.28. The summed E-state index contributed by atoms with van der Waals surface area (Å²) in [7, 11) is 0. The zero-order valence-corrected chi connectivity index (χ0v) is 14.8.